The van der Waals surface area contributed by atoms with Crippen molar-refractivity contribution in [3.63, 3.8) is 0 Å². The third-order valence-corrected chi connectivity index (χ3v) is 5.93. The monoisotopic (exact) mass is 520 g/mol. The summed E-state index contributed by atoms with van der Waals surface area (Å²) in [6, 6.07) is 5.85. The van der Waals surface area contributed by atoms with E-state index in [1.54, 1.807) is 0 Å². The number of rotatable bonds is 7. The van der Waals surface area contributed by atoms with Gasteiger partial charge in [-0.1, -0.05) is 12.1 Å². The number of Topliss-reactive ketones (excluding diaryl/α,β-unsaturated/α-hetero) is 1. The van der Waals surface area contributed by atoms with E-state index < -0.39 is 73.5 Å². The van der Waals surface area contributed by atoms with Crippen molar-refractivity contribution in [2.75, 3.05) is 6.61 Å². The van der Waals surface area contributed by atoms with Gasteiger partial charge in [0.15, 0.2) is 5.78 Å². The van der Waals surface area contributed by atoms with Crippen LogP contribution in [0.25, 0.3) is 5.57 Å². The van der Waals surface area contributed by atoms with E-state index in [2.05, 4.69) is 0 Å². The normalized spacial score (nSPS) is 31.2. The number of phenols is 1. The second-order valence-electron chi connectivity index (χ2n) is 8.53. The number of carboxylic acid groups (broad SMARTS) is 1. The zero-order valence-corrected chi connectivity index (χ0v) is 19.0. The molecule has 0 amide bonds. The first kappa shape index (κ1) is 26.3. The largest absolute Gasteiger partial charge is 0.508 e. The number of ketones is 1. The van der Waals surface area contributed by atoms with Crippen molar-refractivity contribution >= 4 is 23.3 Å². The van der Waals surface area contributed by atoms with E-state index in [0.717, 1.165) is 0 Å². The maximum atomic E-state index is 13.0. The summed E-state index contributed by atoms with van der Waals surface area (Å²) >= 11 is 0. The number of aromatic hydroxyl groups is 1. The molecule has 1 saturated heterocycles. The van der Waals surface area contributed by atoms with E-state index in [0.29, 0.717) is 5.56 Å². The van der Waals surface area contributed by atoms with Crippen LogP contribution in [0.2, 0.25) is 0 Å². The highest BCUT2D eigenvalue weighted by Gasteiger charge is 2.46. The Kier molecular flexibility index (Phi) is 7.61. The van der Waals surface area contributed by atoms with Crippen LogP contribution in [0.3, 0.4) is 0 Å². The van der Waals surface area contributed by atoms with Gasteiger partial charge in [-0.15, -0.1) is 0 Å². The lowest BCUT2D eigenvalue weighted by atomic mass is 9.84. The number of aliphatic hydroxyl groups excluding tert-OH is 4. The van der Waals surface area contributed by atoms with Crippen molar-refractivity contribution in [3.05, 3.63) is 59.8 Å². The summed E-state index contributed by atoms with van der Waals surface area (Å²) in [5, 5.41) is 59.4. The molecule has 4 rings (SSSR count). The Morgan fingerprint density at radius 3 is 2.38 bits per heavy atom. The number of ether oxygens (including phenoxy) is 4. The second-order valence-corrected chi connectivity index (χ2v) is 8.53. The molecule has 2 heterocycles. The molecule has 1 aromatic carbocycles. The van der Waals surface area contributed by atoms with Gasteiger partial charge >= 0.3 is 11.9 Å². The smallest absolute Gasteiger partial charge is 0.317 e. The van der Waals surface area contributed by atoms with Crippen molar-refractivity contribution in [3.8, 4) is 5.75 Å². The molecule has 0 aromatic heterocycles. The van der Waals surface area contributed by atoms with Gasteiger partial charge in [0.25, 0.3) is 0 Å². The van der Waals surface area contributed by atoms with E-state index in [1.165, 1.54) is 42.7 Å². The van der Waals surface area contributed by atoms with Crippen molar-refractivity contribution < 1.29 is 64.0 Å². The van der Waals surface area contributed by atoms with Gasteiger partial charge in [-0.25, -0.2) is 0 Å². The Morgan fingerprint density at radius 2 is 1.70 bits per heavy atom. The molecule has 37 heavy (non-hydrogen) atoms. The van der Waals surface area contributed by atoms with E-state index in [9.17, 15) is 39.9 Å². The van der Waals surface area contributed by atoms with Gasteiger partial charge in [-0.05, 0) is 23.8 Å². The Balaban J connectivity index is 1.46. The number of allylic oxidation sites excluding steroid dienone is 2. The Bertz CT molecular complexity index is 1150. The van der Waals surface area contributed by atoms with Crippen LogP contribution in [0.1, 0.15) is 12.0 Å². The van der Waals surface area contributed by atoms with Crippen LogP contribution in [0, 0.1) is 5.92 Å². The maximum Gasteiger partial charge on any atom is 0.317 e. The molecular formula is C24H24O13. The SMILES string of the molecule is O=C(O)CC(=O)OCC1O[C@@H](OC2=CC(O)C3C(=O)C(c4ccc(O)cc4)=COC3=C2)C(O)C(O)[C@@H]1O. The molecule has 1 aromatic rings. The van der Waals surface area contributed by atoms with Crippen LogP contribution in [-0.4, -0.2) is 91.8 Å². The summed E-state index contributed by atoms with van der Waals surface area (Å²) in [5.74, 6) is -4.08. The van der Waals surface area contributed by atoms with E-state index in [1.807, 2.05) is 0 Å². The highest BCUT2D eigenvalue weighted by molar-refractivity contribution is 6.23. The molecule has 0 bridgehead atoms. The molecule has 1 aliphatic carbocycles. The first-order valence-corrected chi connectivity index (χ1v) is 11.1. The van der Waals surface area contributed by atoms with Crippen molar-refractivity contribution in [1.82, 2.24) is 0 Å². The number of carbonyl (C=O) groups excluding carboxylic acids is 2. The number of carbonyl (C=O) groups is 3. The van der Waals surface area contributed by atoms with E-state index >= 15 is 0 Å². The standard InChI is InChI=1S/C24H24O13/c25-11-3-1-10(2-4-11)13-8-34-15-6-12(5-14(26)19(15)20(13)30)36-24-23(33)22(32)21(31)16(37-24)9-35-18(29)7-17(27)28/h1-6,8,14,16,19,21-26,31-33H,7,9H2,(H,27,28)/t14?,16?,19?,21-,22?,23?,24-/m1/s1. The fourth-order valence-corrected chi connectivity index (χ4v) is 4.02. The lowest BCUT2D eigenvalue weighted by Crippen LogP contribution is -2.59. The molecule has 2 aliphatic heterocycles. The predicted octanol–water partition coefficient (Wildman–Crippen LogP) is -1.07. The zero-order valence-electron chi connectivity index (χ0n) is 19.0. The molecule has 0 saturated carbocycles. The number of hydrogen-bond acceptors (Lipinski definition) is 12. The number of hydrogen-bond donors (Lipinski definition) is 6. The molecule has 5 unspecified atom stereocenters. The minimum atomic E-state index is -1.78. The van der Waals surface area contributed by atoms with E-state index in [4.69, 9.17) is 24.1 Å². The summed E-state index contributed by atoms with van der Waals surface area (Å²) in [6.45, 7) is -0.635. The zero-order chi connectivity index (χ0) is 26.9. The first-order valence-electron chi connectivity index (χ1n) is 11.1. The number of aliphatic hydroxyl groups is 4. The third-order valence-electron chi connectivity index (χ3n) is 5.93. The molecule has 13 heteroatoms. The van der Waals surface area contributed by atoms with Gasteiger partial charge < -0.3 is 49.6 Å². The second kappa shape index (κ2) is 10.7. The highest BCUT2D eigenvalue weighted by Crippen LogP contribution is 2.37. The molecule has 7 atom stereocenters. The minimum absolute atomic E-state index is 0.0157. The molecule has 1 fully saturated rings. The van der Waals surface area contributed by atoms with Crippen LogP contribution in [0.5, 0.6) is 5.75 Å². The summed E-state index contributed by atoms with van der Waals surface area (Å²) in [5.41, 5.74) is 0.656. The predicted molar refractivity (Wildman–Crippen MR) is 119 cm³/mol. The van der Waals surface area contributed by atoms with Gasteiger partial charge in [0.1, 0.15) is 66.9 Å². The van der Waals surface area contributed by atoms with Crippen molar-refractivity contribution in [2.45, 2.75) is 43.2 Å². The molecule has 3 aliphatic rings. The number of benzene rings is 1. The number of carboxylic acids is 1. The number of phenolic OH excluding ortho intramolecular Hbond substituents is 1. The fraction of sp³-hybridized carbons (Fsp3) is 0.375. The van der Waals surface area contributed by atoms with Gasteiger partial charge in [0.05, 0.1) is 11.7 Å². The quantitative estimate of drug-likeness (QED) is 0.187. The Hall–Kier alpha value is -3.75. The van der Waals surface area contributed by atoms with Gasteiger partial charge in [0.2, 0.25) is 6.29 Å². The van der Waals surface area contributed by atoms with Crippen LogP contribution in [0.4, 0.5) is 0 Å². The summed E-state index contributed by atoms with van der Waals surface area (Å²) < 4.78 is 21.3. The number of aliphatic carboxylic acids is 1. The lowest BCUT2D eigenvalue weighted by Gasteiger charge is -2.40. The van der Waals surface area contributed by atoms with Gasteiger partial charge in [-0.2, -0.15) is 0 Å². The maximum absolute atomic E-state index is 13.0. The fourth-order valence-electron chi connectivity index (χ4n) is 4.02. The Morgan fingerprint density at radius 1 is 1.00 bits per heavy atom. The molecule has 0 spiro atoms. The van der Waals surface area contributed by atoms with Crippen molar-refractivity contribution in [1.29, 1.82) is 0 Å². The molecule has 13 nitrogen and oxygen atoms in total. The number of esters is 1. The lowest BCUT2D eigenvalue weighted by molar-refractivity contribution is -0.291. The minimum Gasteiger partial charge on any atom is -0.508 e. The average molecular weight is 520 g/mol. The molecule has 6 N–H and O–H groups in total. The summed E-state index contributed by atoms with van der Waals surface area (Å²) in [4.78, 5) is 35.1. The molecule has 0 radical (unpaired) electrons. The van der Waals surface area contributed by atoms with E-state index in [-0.39, 0.29) is 22.8 Å². The first-order chi connectivity index (χ1) is 17.5. The Labute approximate surface area is 209 Å². The summed E-state index contributed by atoms with van der Waals surface area (Å²) in [6.07, 6.45) is -6.87. The van der Waals surface area contributed by atoms with Gasteiger partial charge in [-0.3, -0.25) is 14.4 Å². The van der Waals surface area contributed by atoms with Crippen LogP contribution < -0.4 is 0 Å². The van der Waals surface area contributed by atoms with Crippen molar-refractivity contribution in [2.24, 2.45) is 5.92 Å². The van der Waals surface area contributed by atoms with Crippen LogP contribution in [0.15, 0.2) is 54.2 Å². The third kappa shape index (κ3) is 5.65. The van der Waals surface area contributed by atoms with Crippen LogP contribution >= 0.6 is 0 Å². The number of fused-ring (bicyclic) bond motifs is 1. The highest BCUT2D eigenvalue weighted by atomic mass is 16.7. The average Bonchev–Trinajstić information content (AvgIpc) is 2.84. The van der Waals surface area contributed by atoms with Gasteiger partial charge in [0, 0.05) is 6.08 Å². The molecular weight excluding hydrogens is 496 g/mol. The molecule has 198 valence electrons. The topological polar surface area (TPSA) is 210 Å². The van der Waals surface area contributed by atoms with Crippen LogP contribution in [-0.2, 0) is 33.3 Å². The summed E-state index contributed by atoms with van der Waals surface area (Å²) in [7, 11) is 0.